The summed E-state index contributed by atoms with van der Waals surface area (Å²) in [4.78, 5) is 14.6. The summed E-state index contributed by atoms with van der Waals surface area (Å²) in [7, 11) is 1.53. The highest BCUT2D eigenvalue weighted by molar-refractivity contribution is 5.75. The number of likely N-dealkylation sites (tertiary alicyclic amines) is 1. The van der Waals surface area contributed by atoms with Crippen molar-refractivity contribution < 1.29 is 9.53 Å². The third kappa shape index (κ3) is 3.50. The van der Waals surface area contributed by atoms with Gasteiger partial charge in [-0.1, -0.05) is 32.6 Å². The molecule has 0 bridgehead atoms. The van der Waals surface area contributed by atoms with E-state index in [0.29, 0.717) is 6.04 Å². The molecule has 2 rings (SSSR count). The fourth-order valence-electron chi connectivity index (χ4n) is 4.00. The number of nitrogens with zero attached hydrogens (tertiary/aromatic N) is 1. The van der Waals surface area contributed by atoms with E-state index in [4.69, 9.17) is 4.74 Å². The molecule has 0 aromatic carbocycles. The molecule has 0 radical (unpaired) electrons. The molecule has 1 aliphatic carbocycles. The minimum Gasteiger partial charge on any atom is -0.468 e. The van der Waals surface area contributed by atoms with Gasteiger partial charge in [0.05, 0.1) is 7.11 Å². The molecule has 3 heteroatoms. The number of fused-ring (bicyclic) bond motifs is 1. The Bertz CT molecular complexity index is 290. The second kappa shape index (κ2) is 7.28. The van der Waals surface area contributed by atoms with Crippen molar-refractivity contribution >= 4 is 5.97 Å². The Hall–Kier alpha value is -0.570. The summed E-state index contributed by atoms with van der Waals surface area (Å²) in [6, 6.07) is 0.652. The highest BCUT2D eigenvalue weighted by atomic mass is 16.5. The molecule has 1 heterocycles. The summed E-state index contributed by atoms with van der Waals surface area (Å²) in [6.45, 7) is 3.28. The topological polar surface area (TPSA) is 29.5 Å². The van der Waals surface area contributed by atoms with Crippen LogP contribution in [0.3, 0.4) is 0 Å². The number of rotatable bonds is 5. The Morgan fingerprint density at radius 3 is 2.74 bits per heavy atom. The first-order valence-electron chi connectivity index (χ1n) is 8.11. The maximum Gasteiger partial charge on any atom is 0.323 e. The van der Waals surface area contributed by atoms with Crippen LogP contribution in [0.4, 0.5) is 0 Å². The van der Waals surface area contributed by atoms with Crippen LogP contribution in [0, 0.1) is 5.92 Å². The third-order valence-electron chi connectivity index (χ3n) is 4.99. The van der Waals surface area contributed by atoms with E-state index in [0.717, 1.165) is 31.7 Å². The molecule has 0 aromatic heterocycles. The minimum absolute atomic E-state index is 0.0100. The first-order valence-corrected chi connectivity index (χ1v) is 8.11. The number of carbonyl (C=O) groups is 1. The summed E-state index contributed by atoms with van der Waals surface area (Å²) in [5.41, 5.74) is 0. The van der Waals surface area contributed by atoms with Crippen molar-refractivity contribution in [2.45, 2.75) is 76.8 Å². The molecule has 1 unspecified atom stereocenters. The quantitative estimate of drug-likeness (QED) is 0.715. The predicted molar refractivity (Wildman–Crippen MR) is 77.0 cm³/mol. The fraction of sp³-hybridized carbons (Fsp3) is 0.938. The van der Waals surface area contributed by atoms with Crippen LogP contribution in [0.2, 0.25) is 0 Å². The number of piperidine rings is 1. The van der Waals surface area contributed by atoms with E-state index in [2.05, 4.69) is 11.8 Å². The van der Waals surface area contributed by atoms with Crippen molar-refractivity contribution in [2.75, 3.05) is 13.7 Å². The second-order valence-electron chi connectivity index (χ2n) is 6.17. The number of unbranched alkanes of at least 4 members (excludes halogenated alkanes) is 1. The first-order chi connectivity index (χ1) is 9.27. The zero-order valence-corrected chi connectivity index (χ0v) is 12.6. The van der Waals surface area contributed by atoms with E-state index in [-0.39, 0.29) is 12.0 Å². The predicted octanol–water partition coefficient (Wildman–Crippen LogP) is 3.37. The molecule has 1 aliphatic heterocycles. The molecule has 1 saturated carbocycles. The summed E-state index contributed by atoms with van der Waals surface area (Å²) in [5.74, 6) is 0.816. The molecule has 3 nitrogen and oxygen atoms in total. The summed E-state index contributed by atoms with van der Waals surface area (Å²) in [5, 5.41) is 0. The van der Waals surface area contributed by atoms with Crippen LogP contribution < -0.4 is 0 Å². The van der Waals surface area contributed by atoms with Crippen LogP contribution in [-0.2, 0) is 9.53 Å². The normalized spacial score (nSPS) is 29.6. The molecule has 0 spiro atoms. The van der Waals surface area contributed by atoms with Gasteiger partial charge in [0, 0.05) is 6.04 Å². The van der Waals surface area contributed by atoms with Crippen molar-refractivity contribution in [1.82, 2.24) is 4.90 Å². The first kappa shape index (κ1) is 14.8. The molecule has 19 heavy (non-hydrogen) atoms. The maximum absolute atomic E-state index is 12.1. The molecular weight excluding hydrogens is 238 g/mol. The van der Waals surface area contributed by atoms with Gasteiger partial charge in [0.1, 0.15) is 6.04 Å². The lowest BCUT2D eigenvalue weighted by molar-refractivity contribution is -0.150. The Labute approximate surface area is 117 Å². The van der Waals surface area contributed by atoms with Gasteiger partial charge in [0.2, 0.25) is 0 Å². The van der Waals surface area contributed by atoms with Gasteiger partial charge in [-0.3, -0.25) is 9.69 Å². The maximum atomic E-state index is 12.1. The Morgan fingerprint density at radius 2 is 2.00 bits per heavy atom. The lowest BCUT2D eigenvalue weighted by Gasteiger charge is -2.46. The molecule has 0 aromatic rings. The average Bonchev–Trinajstić information content (AvgIpc) is 2.47. The number of carbonyl (C=O) groups excluding carboxylic acids is 1. The van der Waals surface area contributed by atoms with Crippen LogP contribution in [0.25, 0.3) is 0 Å². The van der Waals surface area contributed by atoms with Crippen molar-refractivity contribution in [3.05, 3.63) is 0 Å². The van der Waals surface area contributed by atoms with Gasteiger partial charge >= 0.3 is 5.97 Å². The largest absolute Gasteiger partial charge is 0.468 e. The fourth-order valence-corrected chi connectivity index (χ4v) is 4.00. The van der Waals surface area contributed by atoms with Crippen LogP contribution >= 0.6 is 0 Å². The van der Waals surface area contributed by atoms with Gasteiger partial charge in [-0.15, -0.1) is 0 Å². The van der Waals surface area contributed by atoms with Crippen LogP contribution in [0.5, 0.6) is 0 Å². The third-order valence-corrected chi connectivity index (χ3v) is 4.99. The smallest absolute Gasteiger partial charge is 0.323 e. The van der Waals surface area contributed by atoms with Gasteiger partial charge < -0.3 is 4.74 Å². The molecule has 1 saturated heterocycles. The number of hydrogen-bond donors (Lipinski definition) is 0. The van der Waals surface area contributed by atoms with Gasteiger partial charge in [-0.2, -0.15) is 0 Å². The van der Waals surface area contributed by atoms with E-state index in [1.807, 2.05) is 0 Å². The Kier molecular flexibility index (Phi) is 5.68. The molecular formula is C16H29NO2. The second-order valence-corrected chi connectivity index (χ2v) is 6.17. The van der Waals surface area contributed by atoms with E-state index in [1.165, 1.54) is 45.6 Å². The van der Waals surface area contributed by atoms with Crippen molar-refractivity contribution in [3.8, 4) is 0 Å². The van der Waals surface area contributed by atoms with Crippen LogP contribution in [0.1, 0.15) is 64.7 Å². The van der Waals surface area contributed by atoms with E-state index >= 15 is 0 Å². The molecule has 110 valence electrons. The summed E-state index contributed by atoms with van der Waals surface area (Å²) >= 11 is 0. The lowest BCUT2D eigenvalue weighted by atomic mass is 9.77. The molecule has 3 atom stereocenters. The number of ether oxygens (including phenoxy) is 1. The SMILES string of the molecule is CCCCC(C(=O)OC)N1CCC[C@H]2CCCC[C@H]21. The highest BCUT2D eigenvalue weighted by Crippen LogP contribution is 2.37. The zero-order valence-electron chi connectivity index (χ0n) is 12.6. The average molecular weight is 267 g/mol. The summed E-state index contributed by atoms with van der Waals surface area (Å²) in [6.07, 6.45) is 11.2. The Morgan fingerprint density at radius 1 is 1.26 bits per heavy atom. The monoisotopic (exact) mass is 267 g/mol. The van der Waals surface area contributed by atoms with E-state index in [1.54, 1.807) is 0 Å². The Balaban J connectivity index is 2.07. The van der Waals surface area contributed by atoms with Gasteiger partial charge in [0.15, 0.2) is 0 Å². The lowest BCUT2D eigenvalue weighted by Crippen LogP contribution is -2.54. The van der Waals surface area contributed by atoms with E-state index in [9.17, 15) is 4.79 Å². The van der Waals surface area contributed by atoms with Gasteiger partial charge in [-0.05, 0) is 44.6 Å². The van der Waals surface area contributed by atoms with E-state index < -0.39 is 0 Å². The summed E-state index contributed by atoms with van der Waals surface area (Å²) < 4.78 is 5.06. The molecule has 2 aliphatic rings. The number of methoxy groups -OCH3 is 1. The zero-order chi connectivity index (χ0) is 13.7. The van der Waals surface area contributed by atoms with Crippen molar-refractivity contribution in [2.24, 2.45) is 5.92 Å². The van der Waals surface area contributed by atoms with Crippen molar-refractivity contribution in [1.29, 1.82) is 0 Å². The number of hydrogen-bond acceptors (Lipinski definition) is 3. The minimum atomic E-state index is -0.0142. The highest BCUT2D eigenvalue weighted by Gasteiger charge is 2.39. The standard InChI is InChI=1S/C16H29NO2/c1-3-4-10-15(16(18)19-2)17-12-7-9-13-8-5-6-11-14(13)17/h13-15H,3-12H2,1-2H3/t13-,14-,15?/m1/s1. The molecule has 2 fully saturated rings. The molecule has 0 N–H and O–H groups in total. The molecule has 0 amide bonds. The number of esters is 1. The van der Waals surface area contributed by atoms with Crippen molar-refractivity contribution in [3.63, 3.8) is 0 Å². The van der Waals surface area contributed by atoms with Crippen LogP contribution in [-0.4, -0.2) is 36.6 Å². The van der Waals surface area contributed by atoms with Gasteiger partial charge in [0.25, 0.3) is 0 Å². The van der Waals surface area contributed by atoms with Crippen LogP contribution in [0.15, 0.2) is 0 Å². The van der Waals surface area contributed by atoms with Gasteiger partial charge in [-0.25, -0.2) is 0 Å².